The van der Waals surface area contributed by atoms with Gasteiger partial charge in [-0.2, -0.15) is 0 Å². The number of nitrogens with zero attached hydrogens (tertiary/aromatic N) is 1. The van der Waals surface area contributed by atoms with Crippen molar-refractivity contribution in [3.05, 3.63) is 35.9 Å². The second kappa shape index (κ2) is 7.29. The molecule has 1 saturated heterocycles. The molecule has 19 heavy (non-hydrogen) atoms. The molecule has 1 aliphatic heterocycles. The first-order valence-electron chi connectivity index (χ1n) is 7.31. The molecule has 2 rings (SSSR count). The highest BCUT2D eigenvalue weighted by atomic mass is 16.2. The molecule has 3 nitrogen and oxygen atoms in total. The number of carbonyl (C=O) groups excluding carboxylic acids is 1. The van der Waals surface area contributed by atoms with Gasteiger partial charge in [0.2, 0.25) is 5.91 Å². The highest BCUT2D eigenvalue weighted by molar-refractivity contribution is 5.76. The molecule has 0 aliphatic carbocycles. The summed E-state index contributed by atoms with van der Waals surface area (Å²) in [5, 5.41) is 3.33. The van der Waals surface area contributed by atoms with Crippen LogP contribution in [-0.2, 0) is 4.79 Å². The van der Waals surface area contributed by atoms with E-state index in [2.05, 4.69) is 29.6 Å². The third-order valence-electron chi connectivity index (χ3n) is 3.87. The Morgan fingerprint density at radius 3 is 2.63 bits per heavy atom. The third kappa shape index (κ3) is 4.06. The highest BCUT2D eigenvalue weighted by Crippen LogP contribution is 2.17. The van der Waals surface area contributed by atoms with Crippen molar-refractivity contribution < 1.29 is 4.79 Å². The Labute approximate surface area is 116 Å². The van der Waals surface area contributed by atoms with Crippen molar-refractivity contribution in [3.8, 4) is 0 Å². The van der Waals surface area contributed by atoms with Crippen molar-refractivity contribution in [3.63, 3.8) is 0 Å². The number of likely N-dealkylation sites (tertiary alicyclic amines) is 1. The molecule has 1 unspecified atom stereocenters. The molecule has 0 spiro atoms. The van der Waals surface area contributed by atoms with Crippen LogP contribution in [0.25, 0.3) is 0 Å². The molecule has 1 aromatic carbocycles. The molecule has 0 radical (unpaired) electrons. The topological polar surface area (TPSA) is 32.3 Å². The van der Waals surface area contributed by atoms with Gasteiger partial charge in [-0.05, 0) is 25.5 Å². The van der Waals surface area contributed by atoms with Crippen molar-refractivity contribution in [1.82, 2.24) is 10.2 Å². The maximum atomic E-state index is 12.1. The Morgan fingerprint density at radius 1 is 1.16 bits per heavy atom. The summed E-state index contributed by atoms with van der Waals surface area (Å²) in [7, 11) is 1.96. The molecule has 1 atom stereocenters. The summed E-state index contributed by atoms with van der Waals surface area (Å²) in [5.41, 5.74) is 1.25. The fraction of sp³-hybridized carbons (Fsp3) is 0.562. The van der Waals surface area contributed by atoms with Crippen LogP contribution in [-0.4, -0.2) is 30.9 Å². The van der Waals surface area contributed by atoms with E-state index in [1.165, 1.54) is 18.4 Å². The summed E-state index contributed by atoms with van der Waals surface area (Å²) in [6, 6.07) is 10.6. The van der Waals surface area contributed by atoms with Gasteiger partial charge < -0.3 is 10.2 Å². The van der Waals surface area contributed by atoms with E-state index < -0.39 is 0 Å². The monoisotopic (exact) mass is 260 g/mol. The first-order chi connectivity index (χ1) is 9.31. The lowest BCUT2D eigenvalue weighted by Crippen LogP contribution is -2.39. The van der Waals surface area contributed by atoms with E-state index in [1.54, 1.807) is 0 Å². The lowest BCUT2D eigenvalue weighted by Gasteiger charge is -2.29. The normalized spacial score (nSPS) is 18.8. The van der Waals surface area contributed by atoms with Crippen LogP contribution < -0.4 is 5.32 Å². The first-order valence-corrected chi connectivity index (χ1v) is 7.31. The molecule has 0 saturated carbocycles. The second-order valence-corrected chi connectivity index (χ2v) is 5.26. The molecule has 3 heteroatoms. The Bertz CT molecular complexity index is 391. The van der Waals surface area contributed by atoms with E-state index in [1.807, 2.05) is 18.0 Å². The highest BCUT2D eigenvalue weighted by Gasteiger charge is 2.19. The molecule has 1 N–H and O–H groups in total. The Morgan fingerprint density at radius 2 is 1.89 bits per heavy atom. The maximum Gasteiger partial charge on any atom is 0.222 e. The zero-order valence-corrected chi connectivity index (χ0v) is 11.8. The van der Waals surface area contributed by atoms with Crippen molar-refractivity contribution in [1.29, 1.82) is 0 Å². The first kappa shape index (κ1) is 14.1. The quantitative estimate of drug-likeness (QED) is 0.903. The van der Waals surface area contributed by atoms with E-state index in [9.17, 15) is 4.79 Å². The van der Waals surface area contributed by atoms with E-state index in [0.29, 0.717) is 12.3 Å². The minimum atomic E-state index is 0.226. The molecule has 104 valence electrons. The summed E-state index contributed by atoms with van der Waals surface area (Å²) >= 11 is 0. The average molecular weight is 260 g/mol. The standard InChI is InChI=1S/C16H24N2O/c1-17-15(14-9-5-4-6-10-14)13-18-12-8-3-2-7-11-16(18)19/h4-6,9-10,15,17H,2-3,7-8,11-13H2,1H3. The minimum absolute atomic E-state index is 0.226. The number of rotatable bonds is 4. The molecular weight excluding hydrogens is 236 g/mol. The molecule has 1 aliphatic rings. The van der Waals surface area contributed by atoms with Gasteiger partial charge in [-0.3, -0.25) is 4.79 Å². The fourth-order valence-corrected chi connectivity index (χ4v) is 2.68. The van der Waals surface area contributed by atoms with Gasteiger partial charge in [-0.25, -0.2) is 0 Å². The second-order valence-electron chi connectivity index (χ2n) is 5.26. The van der Waals surface area contributed by atoms with Crippen molar-refractivity contribution in [2.45, 2.75) is 38.1 Å². The van der Waals surface area contributed by atoms with E-state index in [-0.39, 0.29) is 6.04 Å². The van der Waals surface area contributed by atoms with Gasteiger partial charge in [0.1, 0.15) is 0 Å². The van der Waals surface area contributed by atoms with Crippen molar-refractivity contribution in [2.75, 3.05) is 20.1 Å². The predicted molar refractivity (Wildman–Crippen MR) is 77.9 cm³/mol. The number of nitrogens with one attached hydrogen (secondary N) is 1. The molecule has 1 amide bonds. The summed E-state index contributed by atoms with van der Waals surface area (Å²) in [6.45, 7) is 1.68. The number of amides is 1. The van der Waals surface area contributed by atoms with Crippen LogP contribution in [0, 0.1) is 0 Å². The summed E-state index contributed by atoms with van der Waals surface area (Å²) in [6.07, 6.45) is 5.35. The summed E-state index contributed by atoms with van der Waals surface area (Å²) in [4.78, 5) is 14.2. The smallest absolute Gasteiger partial charge is 0.222 e. The number of likely N-dealkylation sites (N-methyl/N-ethyl adjacent to an activating group) is 1. The van der Waals surface area contributed by atoms with Gasteiger partial charge in [0.15, 0.2) is 0 Å². The summed E-state index contributed by atoms with van der Waals surface area (Å²) in [5.74, 6) is 0.316. The van der Waals surface area contributed by atoms with E-state index in [4.69, 9.17) is 0 Å². The van der Waals surface area contributed by atoms with Crippen LogP contribution >= 0.6 is 0 Å². The predicted octanol–water partition coefficient (Wildman–Crippen LogP) is 2.74. The number of hydrogen-bond donors (Lipinski definition) is 1. The zero-order chi connectivity index (χ0) is 13.5. The van der Waals surface area contributed by atoms with Crippen molar-refractivity contribution in [2.24, 2.45) is 0 Å². The Balaban J connectivity index is 2.01. The lowest BCUT2D eigenvalue weighted by molar-refractivity contribution is -0.132. The molecule has 1 heterocycles. The van der Waals surface area contributed by atoms with Gasteiger partial charge in [-0.15, -0.1) is 0 Å². The van der Waals surface area contributed by atoms with E-state index >= 15 is 0 Å². The minimum Gasteiger partial charge on any atom is -0.341 e. The van der Waals surface area contributed by atoms with Crippen LogP contribution in [0.5, 0.6) is 0 Å². The van der Waals surface area contributed by atoms with Gasteiger partial charge in [-0.1, -0.05) is 43.2 Å². The summed E-state index contributed by atoms with van der Waals surface area (Å²) < 4.78 is 0. The van der Waals surface area contributed by atoms with Crippen LogP contribution in [0.2, 0.25) is 0 Å². The molecule has 0 bridgehead atoms. The Hall–Kier alpha value is -1.35. The van der Waals surface area contributed by atoms with Crippen molar-refractivity contribution >= 4 is 5.91 Å². The molecule has 1 aromatic rings. The average Bonchev–Trinajstić information content (AvgIpc) is 2.44. The largest absolute Gasteiger partial charge is 0.341 e. The SMILES string of the molecule is CNC(CN1CCCCCCC1=O)c1ccccc1. The van der Waals surface area contributed by atoms with E-state index in [0.717, 1.165) is 25.9 Å². The number of benzene rings is 1. The number of hydrogen-bond acceptors (Lipinski definition) is 2. The fourth-order valence-electron chi connectivity index (χ4n) is 2.68. The lowest BCUT2D eigenvalue weighted by atomic mass is 10.0. The third-order valence-corrected chi connectivity index (χ3v) is 3.87. The molecular formula is C16H24N2O. The maximum absolute atomic E-state index is 12.1. The van der Waals surface area contributed by atoms with Gasteiger partial charge in [0.25, 0.3) is 0 Å². The van der Waals surface area contributed by atoms with Crippen LogP contribution in [0.1, 0.15) is 43.7 Å². The molecule has 1 fully saturated rings. The zero-order valence-electron chi connectivity index (χ0n) is 11.8. The molecule has 0 aromatic heterocycles. The van der Waals surface area contributed by atoms with Gasteiger partial charge in [0.05, 0.1) is 0 Å². The Kier molecular flexibility index (Phi) is 5.40. The van der Waals surface area contributed by atoms with Crippen LogP contribution in [0.15, 0.2) is 30.3 Å². The van der Waals surface area contributed by atoms with Crippen LogP contribution in [0.4, 0.5) is 0 Å². The van der Waals surface area contributed by atoms with Crippen LogP contribution in [0.3, 0.4) is 0 Å². The van der Waals surface area contributed by atoms with Gasteiger partial charge in [0, 0.05) is 25.6 Å². The number of carbonyl (C=O) groups is 1. The van der Waals surface area contributed by atoms with Gasteiger partial charge >= 0.3 is 0 Å².